The van der Waals surface area contributed by atoms with E-state index in [1.54, 1.807) is 0 Å². The van der Waals surface area contributed by atoms with Crippen LogP contribution in [0.3, 0.4) is 0 Å². The fourth-order valence-corrected chi connectivity index (χ4v) is 1.38. The molecule has 0 fully saturated rings. The van der Waals surface area contributed by atoms with Gasteiger partial charge in [0.15, 0.2) is 11.3 Å². The lowest BCUT2D eigenvalue weighted by atomic mass is 10.1. The number of carbonyl (C=O) groups is 1. The van der Waals surface area contributed by atoms with Gasteiger partial charge in [-0.05, 0) is 12.1 Å². The largest absolute Gasteiger partial charge is 0.504 e. The summed E-state index contributed by atoms with van der Waals surface area (Å²) in [5.41, 5.74) is -1.54. The van der Waals surface area contributed by atoms with E-state index in [4.69, 9.17) is 5.11 Å². The average Bonchev–Trinajstić information content (AvgIpc) is 2.23. The van der Waals surface area contributed by atoms with Crippen molar-refractivity contribution in [1.82, 2.24) is 0 Å². The molecule has 6 heteroatoms. The van der Waals surface area contributed by atoms with Crippen molar-refractivity contribution in [2.75, 3.05) is 0 Å². The monoisotopic (exact) mass is 222 g/mol. The van der Waals surface area contributed by atoms with Crippen LogP contribution in [0.4, 0.5) is 0 Å². The van der Waals surface area contributed by atoms with Crippen LogP contribution in [0.1, 0.15) is 10.4 Å². The van der Waals surface area contributed by atoms with E-state index in [0.717, 1.165) is 12.1 Å². The number of aromatic carboxylic acids is 1. The third-order valence-corrected chi connectivity index (χ3v) is 2.10. The van der Waals surface area contributed by atoms with Crippen LogP contribution in [0.25, 0.3) is 11.0 Å². The van der Waals surface area contributed by atoms with Crippen molar-refractivity contribution in [3.05, 3.63) is 34.2 Å². The Balaban J connectivity index is 3.00. The van der Waals surface area contributed by atoms with Gasteiger partial charge in [0.2, 0.25) is 5.75 Å². The molecule has 2 rings (SSSR count). The van der Waals surface area contributed by atoms with Gasteiger partial charge in [0, 0.05) is 11.5 Å². The molecule has 0 aliphatic rings. The predicted molar refractivity (Wildman–Crippen MR) is 52.8 cm³/mol. The first-order chi connectivity index (χ1) is 7.50. The Bertz CT molecular complexity index is 640. The maximum absolute atomic E-state index is 11.0. The van der Waals surface area contributed by atoms with Crippen LogP contribution in [-0.4, -0.2) is 21.3 Å². The molecule has 0 saturated heterocycles. The van der Waals surface area contributed by atoms with Crippen LogP contribution in [0, 0.1) is 0 Å². The quantitative estimate of drug-likeness (QED) is 0.488. The lowest BCUT2D eigenvalue weighted by Crippen LogP contribution is -2.05. The second-order valence-corrected chi connectivity index (χ2v) is 3.09. The Morgan fingerprint density at radius 1 is 1.25 bits per heavy atom. The summed E-state index contributed by atoms with van der Waals surface area (Å²) in [6, 6.07) is 3.17. The molecule has 2 aromatic rings. The van der Waals surface area contributed by atoms with Crippen molar-refractivity contribution in [1.29, 1.82) is 0 Å². The molecule has 0 bridgehead atoms. The third-order valence-electron chi connectivity index (χ3n) is 2.10. The Morgan fingerprint density at radius 2 is 1.94 bits per heavy atom. The Labute approximate surface area is 88.0 Å². The van der Waals surface area contributed by atoms with Gasteiger partial charge in [0.1, 0.15) is 0 Å². The first kappa shape index (κ1) is 10.0. The normalized spacial score (nSPS) is 10.5. The molecule has 1 heterocycles. The van der Waals surface area contributed by atoms with Crippen molar-refractivity contribution in [2.45, 2.75) is 0 Å². The summed E-state index contributed by atoms with van der Waals surface area (Å²) in [5.74, 6) is -2.46. The highest BCUT2D eigenvalue weighted by Gasteiger charge is 2.16. The SMILES string of the molecule is O=C(O)c1cc(=O)oc2c(O)c(O)ccc12. The summed E-state index contributed by atoms with van der Waals surface area (Å²) in [6.07, 6.45) is 0. The van der Waals surface area contributed by atoms with Crippen molar-refractivity contribution < 1.29 is 24.5 Å². The highest BCUT2D eigenvalue weighted by Crippen LogP contribution is 2.33. The first-order valence-electron chi connectivity index (χ1n) is 4.23. The number of aromatic hydroxyl groups is 2. The fraction of sp³-hybridized carbons (Fsp3) is 0. The van der Waals surface area contributed by atoms with E-state index in [0.29, 0.717) is 0 Å². The second kappa shape index (κ2) is 3.27. The highest BCUT2D eigenvalue weighted by atomic mass is 16.4. The molecule has 82 valence electrons. The Morgan fingerprint density at radius 3 is 2.56 bits per heavy atom. The van der Waals surface area contributed by atoms with E-state index in [-0.39, 0.29) is 16.5 Å². The second-order valence-electron chi connectivity index (χ2n) is 3.09. The molecule has 0 aliphatic heterocycles. The molecule has 0 amide bonds. The number of rotatable bonds is 1. The van der Waals surface area contributed by atoms with E-state index in [1.807, 2.05) is 0 Å². The maximum atomic E-state index is 11.0. The number of benzene rings is 1. The smallest absolute Gasteiger partial charge is 0.337 e. The van der Waals surface area contributed by atoms with Crippen LogP contribution in [-0.2, 0) is 0 Å². The van der Waals surface area contributed by atoms with Gasteiger partial charge >= 0.3 is 11.6 Å². The maximum Gasteiger partial charge on any atom is 0.337 e. The van der Waals surface area contributed by atoms with Crippen LogP contribution in [0.15, 0.2) is 27.4 Å². The van der Waals surface area contributed by atoms with Crippen molar-refractivity contribution in [3.8, 4) is 11.5 Å². The van der Waals surface area contributed by atoms with Crippen molar-refractivity contribution >= 4 is 16.9 Å². The highest BCUT2D eigenvalue weighted by molar-refractivity contribution is 6.03. The van der Waals surface area contributed by atoms with Gasteiger partial charge in [0.05, 0.1) is 5.56 Å². The summed E-state index contributed by atoms with van der Waals surface area (Å²) < 4.78 is 4.64. The molecular formula is C10H6O6. The molecule has 0 aliphatic carbocycles. The Kier molecular flexibility index (Phi) is 2.05. The molecular weight excluding hydrogens is 216 g/mol. The molecule has 16 heavy (non-hydrogen) atoms. The predicted octanol–water partition coefficient (Wildman–Crippen LogP) is 0.902. The lowest BCUT2D eigenvalue weighted by Gasteiger charge is -2.03. The van der Waals surface area contributed by atoms with Crippen LogP contribution < -0.4 is 5.63 Å². The summed E-state index contributed by atoms with van der Waals surface area (Å²) in [6.45, 7) is 0. The van der Waals surface area contributed by atoms with Crippen molar-refractivity contribution in [2.24, 2.45) is 0 Å². The summed E-state index contributed by atoms with van der Waals surface area (Å²) in [4.78, 5) is 21.9. The zero-order valence-corrected chi connectivity index (χ0v) is 7.80. The molecule has 0 unspecified atom stereocenters. The van der Waals surface area contributed by atoms with E-state index in [2.05, 4.69) is 4.42 Å². The first-order valence-corrected chi connectivity index (χ1v) is 4.23. The van der Waals surface area contributed by atoms with Crippen LogP contribution >= 0.6 is 0 Å². The Hall–Kier alpha value is -2.50. The number of hydrogen-bond donors (Lipinski definition) is 3. The number of hydrogen-bond acceptors (Lipinski definition) is 5. The van der Waals surface area contributed by atoms with Crippen LogP contribution in [0.2, 0.25) is 0 Å². The minimum absolute atomic E-state index is 0.0439. The number of carboxylic acid groups (broad SMARTS) is 1. The van der Waals surface area contributed by atoms with E-state index in [9.17, 15) is 19.8 Å². The zero-order chi connectivity index (χ0) is 11.9. The van der Waals surface area contributed by atoms with Gasteiger partial charge in [-0.1, -0.05) is 0 Å². The topological polar surface area (TPSA) is 108 Å². The molecule has 0 radical (unpaired) electrons. The van der Waals surface area contributed by atoms with Gasteiger partial charge in [-0.25, -0.2) is 9.59 Å². The molecule has 0 spiro atoms. The van der Waals surface area contributed by atoms with Crippen molar-refractivity contribution in [3.63, 3.8) is 0 Å². The zero-order valence-electron chi connectivity index (χ0n) is 7.80. The minimum Gasteiger partial charge on any atom is -0.504 e. The van der Waals surface area contributed by atoms with E-state index < -0.39 is 23.1 Å². The van der Waals surface area contributed by atoms with Gasteiger partial charge in [-0.2, -0.15) is 0 Å². The van der Waals surface area contributed by atoms with Gasteiger partial charge in [0.25, 0.3) is 0 Å². The lowest BCUT2D eigenvalue weighted by molar-refractivity contribution is 0.0698. The number of carboxylic acids is 1. The summed E-state index contributed by atoms with van der Waals surface area (Å²) >= 11 is 0. The minimum atomic E-state index is -1.32. The van der Waals surface area contributed by atoms with E-state index >= 15 is 0 Å². The molecule has 1 aromatic carbocycles. The van der Waals surface area contributed by atoms with E-state index in [1.165, 1.54) is 6.07 Å². The number of phenols is 2. The third kappa shape index (κ3) is 1.36. The fourth-order valence-electron chi connectivity index (χ4n) is 1.38. The molecule has 6 nitrogen and oxygen atoms in total. The number of fused-ring (bicyclic) bond motifs is 1. The average molecular weight is 222 g/mol. The van der Waals surface area contributed by atoms with Gasteiger partial charge < -0.3 is 19.7 Å². The molecule has 0 saturated carbocycles. The van der Waals surface area contributed by atoms with Gasteiger partial charge in [-0.3, -0.25) is 0 Å². The number of phenolic OH excluding ortho intramolecular Hbond substituents is 2. The molecule has 1 aromatic heterocycles. The summed E-state index contributed by atoms with van der Waals surface area (Å²) in [5, 5.41) is 27.5. The standard InChI is InChI=1S/C10H6O6/c11-6-2-1-4-5(10(14)15)3-7(12)16-9(4)8(6)13/h1-3,11,13H,(H,14,15). The summed E-state index contributed by atoms with van der Waals surface area (Å²) in [7, 11) is 0. The van der Waals surface area contributed by atoms with Crippen LogP contribution in [0.5, 0.6) is 11.5 Å². The molecule has 3 N–H and O–H groups in total. The molecule has 0 atom stereocenters. The van der Waals surface area contributed by atoms with Gasteiger partial charge in [-0.15, -0.1) is 0 Å².